The maximum Gasteiger partial charge on any atom is 0.325 e. The average molecular weight is 295 g/mol. The number of rotatable bonds is 8. The summed E-state index contributed by atoms with van der Waals surface area (Å²) in [4.78, 5) is 13.7. The molecule has 0 saturated carbocycles. The number of hydrogen-bond donors (Lipinski definition) is 2. The van der Waals surface area contributed by atoms with Gasteiger partial charge in [-0.05, 0) is 0 Å². The summed E-state index contributed by atoms with van der Waals surface area (Å²) in [6.45, 7) is 1.58. The summed E-state index contributed by atoms with van der Waals surface area (Å²) in [6, 6.07) is -0.783. The Hall–Kier alpha value is 0.0149. The fraction of sp³-hybridized carbons (Fsp3) is 1.00. The van der Waals surface area contributed by atoms with Crippen LogP contribution in [0.1, 0.15) is 0 Å². The molecule has 1 aliphatic rings. The van der Waals surface area contributed by atoms with E-state index in [0.717, 1.165) is 6.66 Å². The van der Waals surface area contributed by atoms with Crippen LogP contribution in [0.3, 0.4) is 0 Å². The molecule has 0 bridgehead atoms. The molecule has 1 aliphatic heterocycles. The number of ether oxygens (including phenoxy) is 3. The number of hydrogen-bond acceptors (Lipinski definition) is 7. The maximum atomic E-state index is 11.4. The molecule has 3 N–H and O–H groups in total. The van der Waals surface area contributed by atoms with Crippen molar-refractivity contribution in [2.45, 2.75) is 24.3 Å². The summed E-state index contributed by atoms with van der Waals surface area (Å²) in [7, 11) is 3.54. The van der Waals surface area contributed by atoms with E-state index in [0.29, 0.717) is 0 Å². The lowest BCUT2D eigenvalue weighted by Gasteiger charge is -2.24. The van der Waals surface area contributed by atoms with Crippen LogP contribution < -0.4 is 5.90 Å². The number of nitrogens with two attached hydrogens (primary N) is 1. The standard InChI is InChI=1S/C9H19BNO7P/c1-14-5-6-7(18-19(2,12)13)8(9(10)17-6)15-3-4-16-11/h6-9H,3-5,11H2,1-2H3,(H,12,13)/t6-,7?,8+,9-/m1/s1. The van der Waals surface area contributed by atoms with Crippen molar-refractivity contribution < 1.29 is 33.0 Å². The first-order chi connectivity index (χ1) is 8.89. The van der Waals surface area contributed by atoms with Crippen LogP contribution >= 0.6 is 7.60 Å². The first-order valence-electron chi connectivity index (χ1n) is 5.71. The summed E-state index contributed by atoms with van der Waals surface area (Å²) in [5.74, 6) is 4.88. The fourth-order valence-corrected chi connectivity index (χ4v) is 2.54. The lowest BCUT2D eigenvalue weighted by molar-refractivity contribution is -0.0414. The predicted molar refractivity (Wildman–Crippen MR) is 66.8 cm³/mol. The van der Waals surface area contributed by atoms with E-state index >= 15 is 0 Å². The smallest absolute Gasteiger partial charge is 0.325 e. The van der Waals surface area contributed by atoms with Crippen LogP contribution in [-0.2, 0) is 28.1 Å². The van der Waals surface area contributed by atoms with E-state index in [1.807, 2.05) is 0 Å². The Labute approximate surface area is 113 Å². The summed E-state index contributed by atoms with van der Waals surface area (Å²) in [5, 5.41) is 0. The second-order valence-corrected chi connectivity index (χ2v) is 5.99. The van der Waals surface area contributed by atoms with Gasteiger partial charge >= 0.3 is 7.60 Å². The van der Waals surface area contributed by atoms with Crippen molar-refractivity contribution in [2.75, 3.05) is 33.6 Å². The van der Waals surface area contributed by atoms with Gasteiger partial charge in [-0.3, -0.25) is 9.09 Å². The van der Waals surface area contributed by atoms with Crippen molar-refractivity contribution in [1.82, 2.24) is 0 Å². The molecule has 0 aromatic carbocycles. The molecule has 110 valence electrons. The third kappa shape index (κ3) is 5.49. The average Bonchev–Trinajstić information content (AvgIpc) is 2.56. The highest BCUT2D eigenvalue weighted by atomic mass is 31.2. The van der Waals surface area contributed by atoms with Gasteiger partial charge in [-0.1, -0.05) is 0 Å². The van der Waals surface area contributed by atoms with Gasteiger partial charge in [0.05, 0.1) is 19.8 Å². The first-order valence-corrected chi connectivity index (χ1v) is 7.73. The van der Waals surface area contributed by atoms with Crippen molar-refractivity contribution >= 4 is 15.4 Å². The third-order valence-electron chi connectivity index (χ3n) is 2.51. The van der Waals surface area contributed by atoms with E-state index in [4.69, 9.17) is 32.5 Å². The van der Waals surface area contributed by atoms with Gasteiger partial charge in [0.1, 0.15) is 26.2 Å². The van der Waals surface area contributed by atoms with Crippen LogP contribution in [0.4, 0.5) is 0 Å². The lowest BCUT2D eigenvalue weighted by Crippen LogP contribution is -2.39. The van der Waals surface area contributed by atoms with Crippen LogP contribution in [0.15, 0.2) is 0 Å². The summed E-state index contributed by atoms with van der Waals surface area (Å²) in [5.41, 5.74) is 0. The summed E-state index contributed by atoms with van der Waals surface area (Å²) < 4.78 is 32.3. The van der Waals surface area contributed by atoms with Crippen molar-refractivity contribution in [3.63, 3.8) is 0 Å². The van der Waals surface area contributed by atoms with Gasteiger partial charge in [0.25, 0.3) is 0 Å². The Balaban J connectivity index is 2.70. The van der Waals surface area contributed by atoms with Crippen LogP contribution in [0, 0.1) is 0 Å². The van der Waals surface area contributed by atoms with Crippen LogP contribution in [0.5, 0.6) is 0 Å². The van der Waals surface area contributed by atoms with E-state index in [9.17, 15) is 9.46 Å². The SMILES string of the molecule is [B][C@@H]1O[C@H](COC)C(OP(C)(=O)O)[C@@H]1OCCON. The molecule has 2 radical (unpaired) electrons. The zero-order valence-corrected chi connectivity index (χ0v) is 11.8. The normalized spacial score (nSPS) is 34.3. The highest BCUT2D eigenvalue weighted by Crippen LogP contribution is 2.42. The maximum absolute atomic E-state index is 11.4. The van der Waals surface area contributed by atoms with Gasteiger partial charge in [-0.15, -0.1) is 0 Å². The Morgan fingerprint density at radius 1 is 1.42 bits per heavy atom. The van der Waals surface area contributed by atoms with Gasteiger partial charge in [-0.2, -0.15) is 0 Å². The topological polar surface area (TPSA) is 109 Å². The molecule has 8 nitrogen and oxygen atoms in total. The molecule has 0 aliphatic carbocycles. The van der Waals surface area contributed by atoms with Crippen molar-refractivity contribution in [2.24, 2.45) is 5.90 Å². The van der Waals surface area contributed by atoms with E-state index in [1.54, 1.807) is 0 Å². The van der Waals surface area contributed by atoms with E-state index < -0.39 is 31.9 Å². The van der Waals surface area contributed by atoms with Crippen molar-refractivity contribution in [3.05, 3.63) is 0 Å². The van der Waals surface area contributed by atoms with E-state index in [-0.39, 0.29) is 19.8 Å². The zero-order chi connectivity index (χ0) is 14.5. The van der Waals surface area contributed by atoms with E-state index in [2.05, 4.69) is 4.84 Å². The summed E-state index contributed by atoms with van der Waals surface area (Å²) >= 11 is 0. The molecule has 5 atom stereocenters. The third-order valence-corrected chi connectivity index (χ3v) is 3.14. The monoisotopic (exact) mass is 295 g/mol. The molecule has 0 aromatic heterocycles. The Morgan fingerprint density at radius 2 is 2.11 bits per heavy atom. The minimum absolute atomic E-state index is 0.161. The first kappa shape index (κ1) is 17.1. The van der Waals surface area contributed by atoms with Gasteiger partial charge in [-0.25, -0.2) is 5.90 Å². The van der Waals surface area contributed by atoms with Crippen LogP contribution in [0.2, 0.25) is 0 Å². The van der Waals surface area contributed by atoms with Gasteiger partial charge in [0.15, 0.2) is 0 Å². The largest absolute Gasteiger partial charge is 0.382 e. The van der Waals surface area contributed by atoms with Crippen LogP contribution in [0.25, 0.3) is 0 Å². The highest BCUT2D eigenvalue weighted by molar-refractivity contribution is 7.51. The zero-order valence-electron chi connectivity index (χ0n) is 10.9. The second-order valence-electron chi connectivity index (χ2n) is 4.17. The van der Waals surface area contributed by atoms with Crippen molar-refractivity contribution in [3.8, 4) is 0 Å². The molecule has 10 heteroatoms. The molecule has 1 heterocycles. The minimum Gasteiger partial charge on any atom is -0.382 e. The molecule has 0 aromatic rings. The molecular weight excluding hydrogens is 276 g/mol. The van der Waals surface area contributed by atoms with Crippen molar-refractivity contribution in [1.29, 1.82) is 0 Å². The molecule has 19 heavy (non-hydrogen) atoms. The Kier molecular flexibility index (Phi) is 6.92. The molecule has 0 spiro atoms. The van der Waals surface area contributed by atoms with Gasteiger partial charge in [0.2, 0.25) is 0 Å². The molecule has 1 fully saturated rings. The van der Waals surface area contributed by atoms with Gasteiger partial charge < -0.3 is 23.9 Å². The molecule has 1 saturated heterocycles. The quantitative estimate of drug-likeness (QED) is 0.254. The Morgan fingerprint density at radius 3 is 2.63 bits per heavy atom. The van der Waals surface area contributed by atoms with E-state index in [1.165, 1.54) is 7.11 Å². The molecule has 2 unspecified atom stereocenters. The lowest BCUT2D eigenvalue weighted by atomic mass is 9.93. The Bertz CT molecular complexity index is 315. The van der Waals surface area contributed by atoms with Gasteiger partial charge in [0, 0.05) is 19.8 Å². The molecule has 0 amide bonds. The second kappa shape index (κ2) is 7.71. The highest BCUT2D eigenvalue weighted by Gasteiger charge is 2.45. The minimum atomic E-state index is -3.71. The molecule has 1 rings (SSSR count). The van der Waals surface area contributed by atoms with Crippen LogP contribution in [-0.4, -0.2) is 70.7 Å². The number of methoxy groups -OCH3 is 1. The summed E-state index contributed by atoms with van der Waals surface area (Å²) in [6.07, 6.45) is -2.08. The predicted octanol–water partition coefficient (Wildman–Crippen LogP) is -0.998. The fourth-order valence-electron chi connectivity index (χ4n) is 1.83. The molecular formula is C9H19BNO7P.